The largest absolute Gasteiger partial charge is 0.326 e. The Bertz CT molecular complexity index is 877. The minimum Gasteiger partial charge on any atom is -0.326 e. The van der Waals surface area contributed by atoms with Gasteiger partial charge in [0, 0.05) is 36.5 Å². The molecule has 1 saturated heterocycles. The van der Waals surface area contributed by atoms with Gasteiger partial charge in [-0.1, -0.05) is 12.1 Å². The van der Waals surface area contributed by atoms with Crippen molar-refractivity contribution in [1.82, 2.24) is 0 Å². The van der Waals surface area contributed by atoms with E-state index >= 15 is 0 Å². The number of nitrogens with zero attached hydrogens (tertiary/aromatic N) is 2. The van der Waals surface area contributed by atoms with Crippen LogP contribution in [0.3, 0.4) is 0 Å². The van der Waals surface area contributed by atoms with Gasteiger partial charge in [-0.3, -0.25) is 19.7 Å². The van der Waals surface area contributed by atoms with E-state index in [4.69, 9.17) is 0 Å². The first-order chi connectivity index (χ1) is 12.3. The minimum absolute atomic E-state index is 0.0374. The lowest BCUT2D eigenvalue weighted by Gasteiger charge is -2.17. The van der Waals surface area contributed by atoms with E-state index in [2.05, 4.69) is 5.32 Å². The van der Waals surface area contributed by atoms with Gasteiger partial charge >= 0.3 is 0 Å². The molecule has 0 bridgehead atoms. The first kappa shape index (κ1) is 17.6. The SMILES string of the molecule is Cc1ccc(C)c(NC(=O)[C@@H]2CC(=O)N(c3ccc([N+](=O)[O-])cc3)C2)c1. The van der Waals surface area contributed by atoms with Crippen molar-refractivity contribution in [3.05, 3.63) is 63.7 Å². The summed E-state index contributed by atoms with van der Waals surface area (Å²) >= 11 is 0. The maximum Gasteiger partial charge on any atom is 0.269 e. The van der Waals surface area contributed by atoms with Crippen LogP contribution >= 0.6 is 0 Å². The van der Waals surface area contributed by atoms with Crippen LogP contribution in [-0.2, 0) is 9.59 Å². The van der Waals surface area contributed by atoms with E-state index in [1.54, 1.807) is 0 Å². The number of nitro groups is 1. The molecule has 0 saturated carbocycles. The fourth-order valence-electron chi connectivity index (χ4n) is 2.99. The molecule has 2 aromatic rings. The highest BCUT2D eigenvalue weighted by Crippen LogP contribution is 2.28. The predicted molar refractivity (Wildman–Crippen MR) is 98.1 cm³/mol. The number of carbonyl (C=O) groups is 2. The maximum absolute atomic E-state index is 12.6. The number of non-ortho nitro benzene ring substituents is 1. The average Bonchev–Trinajstić information content (AvgIpc) is 3.00. The predicted octanol–water partition coefficient (Wildman–Crippen LogP) is 3.20. The number of hydrogen-bond acceptors (Lipinski definition) is 4. The number of nitro benzene ring substituents is 1. The second kappa shape index (κ2) is 6.95. The van der Waals surface area contributed by atoms with Crippen molar-refractivity contribution in [3.8, 4) is 0 Å². The van der Waals surface area contributed by atoms with Gasteiger partial charge in [0.2, 0.25) is 11.8 Å². The Morgan fingerprint density at radius 1 is 1.19 bits per heavy atom. The minimum atomic E-state index is -0.490. The third-order valence-electron chi connectivity index (χ3n) is 4.52. The number of aryl methyl sites for hydroxylation is 2. The highest BCUT2D eigenvalue weighted by Gasteiger charge is 2.35. The van der Waals surface area contributed by atoms with Gasteiger partial charge in [-0.05, 0) is 43.2 Å². The third-order valence-corrected chi connectivity index (χ3v) is 4.52. The molecular formula is C19H19N3O4. The van der Waals surface area contributed by atoms with Crippen molar-refractivity contribution < 1.29 is 14.5 Å². The second-order valence-corrected chi connectivity index (χ2v) is 6.49. The van der Waals surface area contributed by atoms with Gasteiger partial charge in [0.15, 0.2) is 0 Å². The van der Waals surface area contributed by atoms with Gasteiger partial charge in [-0.2, -0.15) is 0 Å². The Hall–Kier alpha value is -3.22. The van der Waals surface area contributed by atoms with E-state index in [0.29, 0.717) is 5.69 Å². The quantitative estimate of drug-likeness (QED) is 0.675. The molecule has 0 unspecified atom stereocenters. The fraction of sp³-hybridized carbons (Fsp3) is 0.263. The molecule has 1 fully saturated rings. The average molecular weight is 353 g/mol. The summed E-state index contributed by atoms with van der Waals surface area (Å²) in [6, 6.07) is 11.6. The van der Waals surface area contributed by atoms with E-state index in [1.807, 2.05) is 32.0 Å². The first-order valence-electron chi connectivity index (χ1n) is 8.28. The number of rotatable bonds is 4. The molecule has 7 nitrogen and oxygen atoms in total. The summed E-state index contributed by atoms with van der Waals surface area (Å²) in [7, 11) is 0. The number of amides is 2. The molecule has 2 amide bonds. The van der Waals surface area contributed by atoms with Crippen LogP contribution in [0.25, 0.3) is 0 Å². The fourth-order valence-corrected chi connectivity index (χ4v) is 2.99. The lowest BCUT2D eigenvalue weighted by atomic mass is 10.1. The maximum atomic E-state index is 12.6. The van der Waals surface area contributed by atoms with Crippen LogP contribution in [0.2, 0.25) is 0 Å². The monoisotopic (exact) mass is 353 g/mol. The smallest absolute Gasteiger partial charge is 0.269 e. The van der Waals surface area contributed by atoms with Crippen molar-refractivity contribution in [3.63, 3.8) is 0 Å². The van der Waals surface area contributed by atoms with Crippen molar-refractivity contribution in [2.45, 2.75) is 20.3 Å². The van der Waals surface area contributed by atoms with Gasteiger partial charge in [0.05, 0.1) is 10.8 Å². The summed E-state index contributed by atoms with van der Waals surface area (Å²) in [4.78, 5) is 36.6. The lowest BCUT2D eigenvalue weighted by Crippen LogP contribution is -2.28. The van der Waals surface area contributed by atoms with Gasteiger partial charge in [0.1, 0.15) is 0 Å². The zero-order valence-corrected chi connectivity index (χ0v) is 14.6. The molecule has 1 aliphatic heterocycles. The van der Waals surface area contributed by atoms with E-state index in [1.165, 1.54) is 29.2 Å². The van der Waals surface area contributed by atoms with E-state index in [0.717, 1.165) is 16.8 Å². The summed E-state index contributed by atoms with van der Waals surface area (Å²) in [5.74, 6) is -0.825. The Kier molecular flexibility index (Phi) is 4.71. The molecule has 0 spiro atoms. The Morgan fingerprint density at radius 2 is 1.88 bits per heavy atom. The molecule has 2 aromatic carbocycles. The van der Waals surface area contributed by atoms with E-state index in [9.17, 15) is 19.7 Å². The number of anilines is 2. The van der Waals surface area contributed by atoms with Crippen LogP contribution < -0.4 is 10.2 Å². The molecule has 0 aliphatic carbocycles. The second-order valence-electron chi connectivity index (χ2n) is 6.49. The molecule has 0 aromatic heterocycles. The molecule has 1 heterocycles. The molecule has 1 aliphatic rings. The van der Waals surface area contributed by atoms with E-state index < -0.39 is 10.8 Å². The molecular weight excluding hydrogens is 334 g/mol. The van der Waals surface area contributed by atoms with Crippen LogP contribution in [0.15, 0.2) is 42.5 Å². The zero-order valence-electron chi connectivity index (χ0n) is 14.6. The van der Waals surface area contributed by atoms with Crippen LogP contribution in [0.4, 0.5) is 17.1 Å². The highest BCUT2D eigenvalue weighted by molar-refractivity contribution is 6.03. The number of hydrogen-bond donors (Lipinski definition) is 1. The zero-order chi connectivity index (χ0) is 18.8. The standard InChI is InChI=1S/C19H19N3O4/c1-12-3-4-13(2)17(9-12)20-19(24)14-10-18(23)21(11-14)15-5-7-16(8-6-15)22(25)26/h3-9,14H,10-11H2,1-2H3,(H,20,24)/t14-/m1/s1. The summed E-state index contributed by atoms with van der Waals surface area (Å²) in [6.45, 7) is 4.12. The van der Waals surface area contributed by atoms with E-state index in [-0.39, 0.29) is 30.5 Å². The highest BCUT2D eigenvalue weighted by atomic mass is 16.6. The molecule has 1 N–H and O–H groups in total. The Morgan fingerprint density at radius 3 is 2.54 bits per heavy atom. The van der Waals surface area contributed by atoms with Gasteiger partial charge < -0.3 is 10.2 Å². The van der Waals surface area contributed by atoms with Gasteiger partial charge in [-0.25, -0.2) is 0 Å². The normalized spacial score (nSPS) is 16.6. The Balaban J connectivity index is 1.71. The number of carbonyl (C=O) groups excluding carboxylic acids is 2. The van der Waals surface area contributed by atoms with Crippen molar-refractivity contribution in [1.29, 1.82) is 0 Å². The topological polar surface area (TPSA) is 92.6 Å². The first-order valence-corrected chi connectivity index (χ1v) is 8.28. The molecule has 7 heteroatoms. The molecule has 26 heavy (non-hydrogen) atoms. The summed E-state index contributed by atoms with van der Waals surface area (Å²) in [6.07, 6.45) is 0.119. The molecule has 134 valence electrons. The molecule has 3 rings (SSSR count). The summed E-state index contributed by atoms with van der Waals surface area (Å²) in [5, 5.41) is 13.6. The van der Waals surface area contributed by atoms with Gasteiger partial charge in [-0.15, -0.1) is 0 Å². The lowest BCUT2D eigenvalue weighted by molar-refractivity contribution is -0.384. The summed E-state index contributed by atoms with van der Waals surface area (Å²) < 4.78 is 0. The van der Waals surface area contributed by atoms with Crippen LogP contribution in [-0.4, -0.2) is 23.3 Å². The summed E-state index contributed by atoms with van der Waals surface area (Å²) in [5.41, 5.74) is 3.27. The van der Waals surface area contributed by atoms with Crippen LogP contribution in [0, 0.1) is 29.9 Å². The van der Waals surface area contributed by atoms with Crippen molar-refractivity contribution in [2.75, 3.05) is 16.8 Å². The van der Waals surface area contributed by atoms with Crippen molar-refractivity contribution in [2.24, 2.45) is 5.92 Å². The Labute approximate surface area is 150 Å². The van der Waals surface area contributed by atoms with Gasteiger partial charge in [0.25, 0.3) is 5.69 Å². The molecule has 1 atom stereocenters. The third kappa shape index (κ3) is 3.56. The number of nitrogens with one attached hydrogen (secondary N) is 1. The molecule has 0 radical (unpaired) electrons. The van der Waals surface area contributed by atoms with Crippen molar-refractivity contribution >= 4 is 28.9 Å². The number of benzene rings is 2. The van der Waals surface area contributed by atoms with Crippen LogP contribution in [0.5, 0.6) is 0 Å². The van der Waals surface area contributed by atoms with Crippen LogP contribution in [0.1, 0.15) is 17.5 Å².